The Balaban J connectivity index is 1.49. The molecule has 0 aliphatic carbocycles. The van der Waals surface area contributed by atoms with Crippen LogP contribution in [-0.4, -0.2) is 46.5 Å². The van der Waals surface area contributed by atoms with Crippen LogP contribution in [0.2, 0.25) is 5.02 Å². The lowest BCUT2D eigenvalue weighted by molar-refractivity contribution is -0.121. The maximum Gasteiger partial charge on any atom is 0.325 e. The van der Waals surface area contributed by atoms with Crippen LogP contribution in [0.15, 0.2) is 39.9 Å². The highest BCUT2D eigenvalue weighted by atomic mass is 35.5. The van der Waals surface area contributed by atoms with E-state index in [0.717, 1.165) is 25.1 Å². The molecule has 2 aliphatic rings. The van der Waals surface area contributed by atoms with Crippen LogP contribution >= 0.6 is 11.6 Å². The third-order valence-corrected chi connectivity index (χ3v) is 5.52. The molecule has 1 amide bonds. The molecule has 2 N–H and O–H groups in total. The number of H-pyrrole nitrogens is 2. The molecule has 0 saturated carbocycles. The maximum absolute atomic E-state index is 12.9. The average molecular weight is 375 g/mol. The van der Waals surface area contributed by atoms with Crippen LogP contribution in [0.25, 0.3) is 0 Å². The van der Waals surface area contributed by atoms with Gasteiger partial charge in [0.05, 0.1) is 16.8 Å². The Morgan fingerprint density at radius 3 is 2.62 bits per heavy atom. The van der Waals surface area contributed by atoms with Gasteiger partial charge >= 0.3 is 5.69 Å². The van der Waals surface area contributed by atoms with E-state index in [1.165, 1.54) is 6.07 Å². The lowest BCUT2D eigenvalue weighted by atomic mass is 10.0. The van der Waals surface area contributed by atoms with Crippen molar-refractivity contribution < 1.29 is 4.79 Å². The zero-order valence-corrected chi connectivity index (χ0v) is 14.8. The van der Waals surface area contributed by atoms with E-state index < -0.39 is 11.2 Å². The first-order valence-electron chi connectivity index (χ1n) is 8.66. The first kappa shape index (κ1) is 17.1. The molecular formula is C18H19ClN4O3. The number of nitrogens with one attached hydrogen (secondary N) is 2. The number of amides is 1. The van der Waals surface area contributed by atoms with E-state index in [9.17, 15) is 14.4 Å². The summed E-state index contributed by atoms with van der Waals surface area (Å²) >= 11 is 6.24. The van der Waals surface area contributed by atoms with Crippen LogP contribution in [0.4, 0.5) is 5.69 Å². The summed E-state index contributed by atoms with van der Waals surface area (Å²) in [5.74, 6) is 0.102. The number of carbonyl (C=O) groups is 1. The number of carbonyl (C=O) groups excluding carboxylic acids is 1. The largest absolute Gasteiger partial charge is 0.325 e. The molecule has 2 aromatic rings. The molecule has 2 unspecified atom stereocenters. The molecule has 1 aromatic carbocycles. The van der Waals surface area contributed by atoms with Crippen molar-refractivity contribution >= 4 is 23.2 Å². The van der Waals surface area contributed by atoms with Gasteiger partial charge in [-0.15, -0.1) is 0 Å². The lowest BCUT2D eigenvalue weighted by Gasteiger charge is -2.24. The van der Waals surface area contributed by atoms with Crippen molar-refractivity contribution in [2.75, 3.05) is 24.5 Å². The van der Waals surface area contributed by atoms with E-state index in [2.05, 4.69) is 14.9 Å². The summed E-state index contributed by atoms with van der Waals surface area (Å²) in [7, 11) is 0. The molecule has 136 valence electrons. The topological polar surface area (TPSA) is 89.3 Å². The number of para-hydroxylation sites is 1. The Morgan fingerprint density at radius 1 is 1.04 bits per heavy atom. The molecule has 7 nitrogen and oxygen atoms in total. The van der Waals surface area contributed by atoms with Gasteiger partial charge in [-0.05, 0) is 31.5 Å². The van der Waals surface area contributed by atoms with Gasteiger partial charge in [-0.25, -0.2) is 4.79 Å². The summed E-state index contributed by atoms with van der Waals surface area (Å²) < 4.78 is 0. The van der Waals surface area contributed by atoms with Crippen LogP contribution in [-0.2, 0) is 4.79 Å². The van der Waals surface area contributed by atoms with Crippen LogP contribution in [0.1, 0.15) is 24.5 Å². The molecule has 1 aromatic heterocycles. The molecular weight excluding hydrogens is 356 g/mol. The van der Waals surface area contributed by atoms with Gasteiger partial charge in [0.25, 0.3) is 5.56 Å². The summed E-state index contributed by atoms with van der Waals surface area (Å²) in [6.07, 6.45) is 1.54. The quantitative estimate of drug-likeness (QED) is 0.847. The molecule has 0 bridgehead atoms. The minimum Gasteiger partial charge on any atom is -0.311 e. The SMILES string of the molecule is O=C1C(N2CCC(c3cc(=O)[nH]c(=O)[nH]3)C2)CCN1c1ccccc1Cl. The summed E-state index contributed by atoms with van der Waals surface area (Å²) in [4.78, 5) is 44.7. The van der Waals surface area contributed by atoms with E-state index in [1.807, 2.05) is 18.2 Å². The van der Waals surface area contributed by atoms with Gasteiger partial charge < -0.3 is 9.88 Å². The molecule has 2 fully saturated rings. The van der Waals surface area contributed by atoms with Crippen molar-refractivity contribution in [3.8, 4) is 0 Å². The predicted molar refractivity (Wildman–Crippen MR) is 98.8 cm³/mol. The van der Waals surface area contributed by atoms with Crippen LogP contribution in [0.3, 0.4) is 0 Å². The zero-order valence-electron chi connectivity index (χ0n) is 14.1. The molecule has 0 radical (unpaired) electrons. The van der Waals surface area contributed by atoms with E-state index in [1.54, 1.807) is 11.0 Å². The number of halogens is 1. The smallest absolute Gasteiger partial charge is 0.311 e. The fourth-order valence-electron chi connectivity index (χ4n) is 3.95. The second-order valence-electron chi connectivity index (χ2n) is 6.77. The van der Waals surface area contributed by atoms with Crippen molar-refractivity contribution in [2.24, 2.45) is 0 Å². The Kier molecular flexibility index (Phi) is 4.42. The Hall–Kier alpha value is -2.38. The number of nitrogens with zero attached hydrogens (tertiary/aromatic N) is 2. The van der Waals surface area contributed by atoms with Crippen molar-refractivity contribution in [3.05, 3.63) is 61.9 Å². The lowest BCUT2D eigenvalue weighted by Crippen LogP contribution is -2.40. The van der Waals surface area contributed by atoms with Crippen molar-refractivity contribution in [3.63, 3.8) is 0 Å². The molecule has 2 aliphatic heterocycles. The minimum absolute atomic E-state index is 0.0483. The number of anilines is 1. The maximum atomic E-state index is 12.9. The second kappa shape index (κ2) is 6.74. The number of rotatable bonds is 3. The minimum atomic E-state index is -0.493. The Bertz CT molecular complexity index is 925. The van der Waals surface area contributed by atoms with Crippen LogP contribution in [0, 0.1) is 0 Å². The van der Waals surface area contributed by atoms with Gasteiger partial charge in [0.1, 0.15) is 0 Å². The third-order valence-electron chi connectivity index (χ3n) is 5.20. The Labute approximate surface area is 154 Å². The highest BCUT2D eigenvalue weighted by Gasteiger charge is 2.40. The number of aromatic amines is 2. The monoisotopic (exact) mass is 374 g/mol. The summed E-state index contributed by atoms with van der Waals surface area (Å²) in [5.41, 5.74) is 0.489. The number of benzene rings is 1. The number of aromatic nitrogens is 2. The second-order valence-corrected chi connectivity index (χ2v) is 7.18. The van der Waals surface area contributed by atoms with E-state index in [0.29, 0.717) is 23.8 Å². The van der Waals surface area contributed by atoms with Gasteiger partial charge in [0, 0.05) is 30.8 Å². The molecule has 2 saturated heterocycles. The Morgan fingerprint density at radius 2 is 1.85 bits per heavy atom. The number of hydrogen-bond acceptors (Lipinski definition) is 4. The zero-order chi connectivity index (χ0) is 18.3. The summed E-state index contributed by atoms with van der Waals surface area (Å²) in [6.45, 7) is 2.04. The standard InChI is InChI=1S/C18H19ClN4O3/c19-12-3-1-2-4-14(12)23-8-6-15(17(23)25)22-7-5-11(10-22)13-9-16(24)21-18(26)20-13/h1-4,9,11,15H,5-8,10H2,(H2,20,21,24,26). The van der Waals surface area contributed by atoms with Gasteiger partial charge in [-0.3, -0.25) is 19.5 Å². The first-order chi connectivity index (χ1) is 12.5. The first-order valence-corrected chi connectivity index (χ1v) is 9.04. The fraction of sp³-hybridized carbons (Fsp3) is 0.389. The van der Waals surface area contributed by atoms with Crippen LogP contribution < -0.4 is 16.1 Å². The third kappa shape index (κ3) is 3.08. The van der Waals surface area contributed by atoms with E-state index in [-0.39, 0.29) is 17.9 Å². The molecule has 2 atom stereocenters. The van der Waals surface area contributed by atoms with Crippen LogP contribution in [0.5, 0.6) is 0 Å². The van der Waals surface area contributed by atoms with Crippen molar-refractivity contribution in [2.45, 2.75) is 24.8 Å². The fourth-order valence-corrected chi connectivity index (χ4v) is 4.18. The summed E-state index contributed by atoms with van der Waals surface area (Å²) in [6, 6.07) is 8.60. The summed E-state index contributed by atoms with van der Waals surface area (Å²) in [5, 5.41) is 0.571. The molecule has 0 spiro atoms. The molecule has 8 heteroatoms. The van der Waals surface area contributed by atoms with Crippen molar-refractivity contribution in [1.29, 1.82) is 0 Å². The van der Waals surface area contributed by atoms with E-state index in [4.69, 9.17) is 11.6 Å². The molecule has 26 heavy (non-hydrogen) atoms. The van der Waals surface area contributed by atoms with E-state index >= 15 is 0 Å². The molecule has 4 rings (SSSR count). The molecule has 3 heterocycles. The highest BCUT2D eigenvalue weighted by Crippen LogP contribution is 2.33. The van der Waals surface area contributed by atoms with Crippen molar-refractivity contribution in [1.82, 2.24) is 14.9 Å². The van der Waals surface area contributed by atoms with Gasteiger partial charge in [-0.1, -0.05) is 23.7 Å². The highest BCUT2D eigenvalue weighted by molar-refractivity contribution is 6.33. The van der Waals surface area contributed by atoms with Gasteiger partial charge in [0.2, 0.25) is 5.91 Å². The average Bonchev–Trinajstić information content (AvgIpc) is 3.21. The normalized spacial score (nSPS) is 23.7. The number of likely N-dealkylation sites (tertiary alicyclic amines) is 1. The van der Waals surface area contributed by atoms with Gasteiger partial charge in [-0.2, -0.15) is 0 Å². The van der Waals surface area contributed by atoms with Gasteiger partial charge in [0.15, 0.2) is 0 Å². The predicted octanol–water partition coefficient (Wildman–Crippen LogP) is 1.31. The number of hydrogen-bond donors (Lipinski definition) is 2.